The molecule has 8 heteroatoms. The Morgan fingerprint density at radius 3 is 2.31 bits per heavy atom. The van der Waals surface area contributed by atoms with E-state index in [4.69, 9.17) is 16.3 Å². The van der Waals surface area contributed by atoms with E-state index < -0.39 is 17.6 Å². The molecule has 0 bridgehead atoms. The van der Waals surface area contributed by atoms with Gasteiger partial charge in [-0.1, -0.05) is 11.6 Å². The first-order chi connectivity index (χ1) is 13.6. The summed E-state index contributed by atoms with van der Waals surface area (Å²) in [5.74, 6) is -0.672. The van der Waals surface area contributed by atoms with Crippen LogP contribution in [0.25, 0.3) is 10.9 Å². The number of benzene rings is 2. The number of Topliss-reactive ketones (excluding diaryl/α,β-unsaturated/α-hetero) is 1. The van der Waals surface area contributed by atoms with Crippen molar-refractivity contribution in [1.29, 1.82) is 0 Å². The summed E-state index contributed by atoms with van der Waals surface area (Å²) >= 11 is 5.85. The SMILES string of the molecule is COc1ccc2c(c1)c(C(F)(F)F)c(CCC(C)=O)n2C(=O)c1ccc(Cl)cc1. The molecule has 0 N–H and O–H groups in total. The van der Waals surface area contributed by atoms with Gasteiger partial charge in [0.25, 0.3) is 5.91 Å². The number of carbonyl (C=O) groups is 2. The highest BCUT2D eigenvalue weighted by Crippen LogP contribution is 2.41. The second-order valence-corrected chi connectivity index (χ2v) is 6.99. The highest BCUT2D eigenvalue weighted by molar-refractivity contribution is 6.30. The molecular weight excluding hydrogens is 407 g/mol. The normalized spacial score (nSPS) is 11.7. The average molecular weight is 424 g/mol. The first-order valence-electron chi connectivity index (χ1n) is 8.71. The van der Waals surface area contributed by atoms with E-state index in [1.165, 1.54) is 56.5 Å². The molecule has 0 fully saturated rings. The van der Waals surface area contributed by atoms with Gasteiger partial charge in [0.15, 0.2) is 0 Å². The summed E-state index contributed by atoms with van der Waals surface area (Å²) in [4.78, 5) is 24.6. The van der Waals surface area contributed by atoms with Crippen molar-refractivity contribution in [3.63, 3.8) is 0 Å². The quantitative estimate of drug-likeness (QED) is 0.542. The lowest BCUT2D eigenvalue weighted by atomic mass is 10.1. The standard InChI is InChI=1S/C21H17ClF3NO3/c1-12(27)3-9-18-19(21(23,24)25)16-11-15(29-2)8-10-17(16)26(18)20(28)13-4-6-14(22)7-5-13/h4-8,10-11H,3,9H2,1-2H3. The van der Waals surface area contributed by atoms with Gasteiger partial charge in [0.2, 0.25) is 0 Å². The van der Waals surface area contributed by atoms with E-state index in [-0.39, 0.29) is 46.5 Å². The molecule has 0 radical (unpaired) electrons. The van der Waals surface area contributed by atoms with E-state index in [1.807, 2.05) is 0 Å². The molecule has 152 valence electrons. The number of ketones is 1. The van der Waals surface area contributed by atoms with Gasteiger partial charge in [-0.05, 0) is 55.8 Å². The lowest BCUT2D eigenvalue weighted by Gasteiger charge is -2.12. The molecule has 0 aliphatic rings. The van der Waals surface area contributed by atoms with Crippen LogP contribution in [0.5, 0.6) is 5.75 Å². The lowest BCUT2D eigenvalue weighted by molar-refractivity contribution is -0.137. The number of carbonyl (C=O) groups excluding carboxylic acids is 2. The molecule has 1 heterocycles. The third-order valence-electron chi connectivity index (χ3n) is 4.56. The van der Waals surface area contributed by atoms with Crippen LogP contribution in [-0.4, -0.2) is 23.4 Å². The van der Waals surface area contributed by atoms with Crippen LogP contribution in [0.15, 0.2) is 42.5 Å². The third kappa shape index (κ3) is 4.15. The van der Waals surface area contributed by atoms with Crippen molar-refractivity contribution in [3.8, 4) is 5.75 Å². The van der Waals surface area contributed by atoms with Crippen molar-refractivity contribution in [3.05, 3.63) is 64.3 Å². The molecule has 0 unspecified atom stereocenters. The monoisotopic (exact) mass is 423 g/mol. The summed E-state index contributed by atoms with van der Waals surface area (Å²) in [6.07, 6.45) is -5.06. The predicted molar refractivity (Wildman–Crippen MR) is 104 cm³/mol. The number of hydrogen-bond donors (Lipinski definition) is 0. The zero-order valence-corrected chi connectivity index (χ0v) is 16.4. The van der Waals surface area contributed by atoms with E-state index in [0.717, 1.165) is 4.57 Å². The molecule has 0 amide bonds. The molecule has 0 aliphatic carbocycles. The first kappa shape index (κ1) is 20.9. The van der Waals surface area contributed by atoms with Crippen LogP contribution in [0.4, 0.5) is 13.2 Å². The highest BCUT2D eigenvalue weighted by Gasteiger charge is 2.39. The van der Waals surface area contributed by atoms with Crippen LogP contribution in [0.2, 0.25) is 5.02 Å². The van der Waals surface area contributed by atoms with Gasteiger partial charge in [-0.2, -0.15) is 13.2 Å². The van der Waals surface area contributed by atoms with Crippen molar-refractivity contribution in [2.24, 2.45) is 0 Å². The molecule has 3 rings (SSSR count). The lowest BCUT2D eigenvalue weighted by Crippen LogP contribution is -2.18. The summed E-state index contributed by atoms with van der Waals surface area (Å²) in [7, 11) is 1.35. The second-order valence-electron chi connectivity index (χ2n) is 6.55. The Labute approximate surface area is 169 Å². The van der Waals surface area contributed by atoms with Gasteiger partial charge in [0.05, 0.1) is 18.2 Å². The van der Waals surface area contributed by atoms with Crippen LogP contribution in [0.3, 0.4) is 0 Å². The number of alkyl halides is 3. The van der Waals surface area contributed by atoms with E-state index in [2.05, 4.69) is 0 Å². The van der Waals surface area contributed by atoms with Crippen LogP contribution in [0.1, 0.15) is 35.0 Å². The van der Waals surface area contributed by atoms with Crippen molar-refractivity contribution >= 4 is 34.2 Å². The van der Waals surface area contributed by atoms with Crippen molar-refractivity contribution in [2.45, 2.75) is 25.9 Å². The molecular formula is C21H17ClF3NO3. The Kier molecular flexibility index (Phi) is 5.71. The molecule has 4 nitrogen and oxygen atoms in total. The number of methoxy groups -OCH3 is 1. The number of rotatable bonds is 5. The van der Waals surface area contributed by atoms with Gasteiger partial charge in [-0.15, -0.1) is 0 Å². The zero-order valence-electron chi connectivity index (χ0n) is 15.6. The van der Waals surface area contributed by atoms with Gasteiger partial charge in [0, 0.05) is 28.1 Å². The molecule has 1 aromatic heterocycles. The Balaban J connectivity index is 2.33. The minimum absolute atomic E-state index is 0.0941. The number of aromatic nitrogens is 1. The molecule has 0 aliphatic heterocycles. The number of fused-ring (bicyclic) bond motifs is 1. The third-order valence-corrected chi connectivity index (χ3v) is 4.82. The maximum Gasteiger partial charge on any atom is 0.418 e. The number of hydrogen-bond acceptors (Lipinski definition) is 3. The van der Waals surface area contributed by atoms with Gasteiger partial charge < -0.3 is 9.53 Å². The zero-order chi connectivity index (χ0) is 21.3. The maximum absolute atomic E-state index is 14.0. The largest absolute Gasteiger partial charge is 0.497 e. The fraction of sp³-hybridized carbons (Fsp3) is 0.238. The number of nitrogens with zero attached hydrogens (tertiary/aromatic N) is 1. The molecule has 0 atom stereocenters. The summed E-state index contributed by atoms with van der Waals surface area (Å²) in [5, 5.41) is 0.245. The Morgan fingerprint density at radius 1 is 1.10 bits per heavy atom. The van der Waals surface area contributed by atoms with Crippen LogP contribution in [0, 0.1) is 0 Å². The van der Waals surface area contributed by atoms with Crippen molar-refractivity contribution in [1.82, 2.24) is 4.57 Å². The van der Waals surface area contributed by atoms with Crippen LogP contribution < -0.4 is 4.74 Å². The minimum Gasteiger partial charge on any atom is -0.497 e. The molecule has 29 heavy (non-hydrogen) atoms. The van der Waals surface area contributed by atoms with Crippen molar-refractivity contribution < 1.29 is 27.5 Å². The Hall–Kier alpha value is -2.80. The molecule has 0 saturated heterocycles. The van der Waals surface area contributed by atoms with E-state index in [0.29, 0.717) is 5.02 Å². The van der Waals surface area contributed by atoms with E-state index in [1.54, 1.807) is 0 Å². The second kappa shape index (κ2) is 7.91. The highest BCUT2D eigenvalue weighted by atomic mass is 35.5. The number of halogens is 4. The van der Waals surface area contributed by atoms with Gasteiger partial charge in [-0.3, -0.25) is 9.36 Å². The average Bonchev–Trinajstić information content (AvgIpc) is 2.99. The Morgan fingerprint density at radius 2 is 1.76 bits per heavy atom. The molecule has 3 aromatic rings. The predicted octanol–water partition coefficient (Wildman–Crippen LogP) is 5.53. The molecule has 0 saturated carbocycles. The van der Waals surface area contributed by atoms with Crippen molar-refractivity contribution in [2.75, 3.05) is 7.11 Å². The Bertz CT molecular complexity index is 1090. The topological polar surface area (TPSA) is 48.3 Å². The fourth-order valence-electron chi connectivity index (χ4n) is 3.25. The smallest absolute Gasteiger partial charge is 0.418 e. The van der Waals surface area contributed by atoms with E-state index in [9.17, 15) is 22.8 Å². The number of ether oxygens (including phenoxy) is 1. The van der Waals surface area contributed by atoms with E-state index >= 15 is 0 Å². The summed E-state index contributed by atoms with van der Waals surface area (Å²) < 4.78 is 48.1. The fourth-order valence-corrected chi connectivity index (χ4v) is 3.38. The van der Waals surface area contributed by atoms with Crippen LogP contribution >= 0.6 is 11.6 Å². The minimum atomic E-state index is -4.72. The summed E-state index contributed by atoms with van der Waals surface area (Å²) in [6, 6.07) is 10.0. The maximum atomic E-state index is 14.0. The summed E-state index contributed by atoms with van der Waals surface area (Å²) in [5.41, 5.74) is -0.914. The molecule has 0 spiro atoms. The van der Waals surface area contributed by atoms with Gasteiger partial charge in [-0.25, -0.2) is 0 Å². The van der Waals surface area contributed by atoms with Crippen LogP contribution in [-0.2, 0) is 17.4 Å². The van der Waals surface area contributed by atoms with Gasteiger partial charge in [0.1, 0.15) is 11.5 Å². The first-order valence-corrected chi connectivity index (χ1v) is 9.09. The summed E-state index contributed by atoms with van der Waals surface area (Å²) in [6.45, 7) is 1.30. The molecule has 2 aromatic carbocycles. The van der Waals surface area contributed by atoms with Gasteiger partial charge >= 0.3 is 6.18 Å².